The summed E-state index contributed by atoms with van der Waals surface area (Å²) in [5, 5.41) is 12.1. The van der Waals surface area contributed by atoms with Crippen LogP contribution in [0.5, 0.6) is 0 Å². The van der Waals surface area contributed by atoms with Gasteiger partial charge < -0.3 is 16.2 Å². The predicted octanol–water partition coefficient (Wildman–Crippen LogP) is 2.41. The summed E-state index contributed by atoms with van der Waals surface area (Å²) in [6.45, 7) is 5.01. The molecule has 1 aromatic rings. The van der Waals surface area contributed by atoms with Gasteiger partial charge in [-0.05, 0) is 19.3 Å². The van der Waals surface area contributed by atoms with Gasteiger partial charge in [-0.25, -0.2) is 9.97 Å². The van der Waals surface area contributed by atoms with Crippen LogP contribution in [0.15, 0.2) is 0 Å². The van der Waals surface area contributed by atoms with Gasteiger partial charge in [0.15, 0.2) is 11.0 Å². The second-order valence-corrected chi connectivity index (χ2v) is 4.86. The van der Waals surface area contributed by atoms with Crippen LogP contribution in [-0.4, -0.2) is 28.2 Å². The van der Waals surface area contributed by atoms with Crippen LogP contribution in [0.4, 0.5) is 11.5 Å². The maximum atomic E-state index is 8.68. The minimum Gasteiger partial charge on any atom is -0.396 e. The molecule has 0 aliphatic carbocycles. The fourth-order valence-electron chi connectivity index (χ4n) is 1.47. The third kappa shape index (κ3) is 4.31. The van der Waals surface area contributed by atoms with E-state index in [4.69, 9.17) is 22.4 Å². The number of halogens is 1. The highest BCUT2D eigenvalue weighted by Gasteiger charge is 2.11. The minimum absolute atomic E-state index is 0.207. The number of unbranched alkanes of at least 4 members (excludes halogenated alkanes) is 2. The van der Waals surface area contributed by atoms with Crippen LogP contribution >= 0.6 is 11.6 Å². The zero-order valence-corrected chi connectivity index (χ0v) is 11.7. The van der Waals surface area contributed by atoms with E-state index < -0.39 is 0 Å². The number of hydrogen-bond acceptors (Lipinski definition) is 5. The molecule has 1 rings (SSSR count). The van der Waals surface area contributed by atoms with Crippen molar-refractivity contribution in [1.82, 2.24) is 9.97 Å². The van der Waals surface area contributed by atoms with Crippen LogP contribution in [0.2, 0.25) is 5.15 Å². The van der Waals surface area contributed by atoms with Crippen molar-refractivity contribution in [2.45, 2.75) is 39.0 Å². The third-order valence-corrected chi connectivity index (χ3v) is 2.85. The Kier molecular flexibility index (Phi) is 6.15. The Morgan fingerprint density at radius 2 is 2.00 bits per heavy atom. The lowest BCUT2D eigenvalue weighted by Gasteiger charge is -2.12. The Hall–Kier alpha value is -1.07. The minimum atomic E-state index is 0.207. The van der Waals surface area contributed by atoms with Gasteiger partial charge in [0, 0.05) is 19.1 Å². The Morgan fingerprint density at radius 3 is 2.61 bits per heavy atom. The van der Waals surface area contributed by atoms with Crippen LogP contribution in [0.1, 0.15) is 44.9 Å². The molecule has 0 amide bonds. The van der Waals surface area contributed by atoms with Crippen molar-refractivity contribution in [2.75, 3.05) is 24.2 Å². The molecule has 1 aromatic heterocycles. The summed E-state index contributed by atoms with van der Waals surface area (Å²) in [5.74, 6) is 1.49. The van der Waals surface area contributed by atoms with E-state index in [1.165, 1.54) is 0 Å². The van der Waals surface area contributed by atoms with Gasteiger partial charge in [0.1, 0.15) is 11.5 Å². The lowest BCUT2D eigenvalue weighted by atomic mass is 10.2. The number of nitrogens with two attached hydrogens (primary N) is 1. The molecule has 0 aromatic carbocycles. The quantitative estimate of drug-likeness (QED) is 0.524. The van der Waals surface area contributed by atoms with Gasteiger partial charge in [0.2, 0.25) is 0 Å². The zero-order chi connectivity index (χ0) is 13.5. The summed E-state index contributed by atoms with van der Waals surface area (Å²) < 4.78 is 0. The van der Waals surface area contributed by atoms with E-state index >= 15 is 0 Å². The van der Waals surface area contributed by atoms with Crippen LogP contribution in [0.25, 0.3) is 0 Å². The number of nitrogen functional groups attached to an aromatic ring is 1. The van der Waals surface area contributed by atoms with Gasteiger partial charge in [-0.2, -0.15) is 0 Å². The van der Waals surface area contributed by atoms with E-state index in [0.717, 1.165) is 25.8 Å². The fraction of sp³-hybridized carbons (Fsp3) is 0.667. The predicted molar refractivity (Wildman–Crippen MR) is 75.0 cm³/mol. The lowest BCUT2D eigenvalue weighted by Crippen LogP contribution is -2.10. The summed E-state index contributed by atoms with van der Waals surface area (Å²) in [6.07, 6.45) is 2.75. The molecule has 0 aliphatic heterocycles. The van der Waals surface area contributed by atoms with Crippen LogP contribution in [0, 0.1) is 0 Å². The molecule has 102 valence electrons. The smallest absolute Gasteiger partial charge is 0.157 e. The van der Waals surface area contributed by atoms with Crippen molar-refractivity contribution in [1.29, 1.82) is 0 Å². The normalized spacial score (nSPS) is 10.9. The molecule has 6 heteroatoms. The van der Waals surface area contributed by atoms with Crippen molar-refractivity contribution in [3.63, 3.8) is 0 Å². The molecule has 0 spiro atoms. The molecule has 0 atom stereocenters. The average molecular weight is 273 g/mol. The largest absolute Gasteiger partial charge is 0.396 e. The number of nitrogens with one attached hydrogen (secondary N) is 1. The van der Waals surface area contributed by atoms with Gasteiger partial charge in [0.25, 0.3) is 0 Å². The summed E-state index contributed by atoms with van der Waals surface area (Å²) >= 11 is 5.98. The maximum absolute atomic E-state index is 8.68. The molecule has 0 aliphatic rings. The number of anilines is 2. The van der Waals surface area contributed by atoms with Crippen LogP contribution < -0.4 is 11.1 Å². The highest BCUT2D eigenvalue weighted by atomic mass is 35.5. The number of aromatic nitrogens is 2. The Bertz CT molecular complexity index is 385. The zero-order valence-electron chi connectivity index (χ0n) is 10.9. The van der Waals surface area contributed by atoms with Crippen molar-refractivity contribution in [2.24, 2.45) is 0 Å². The first-order valence-electron chi connectivity index (χ1n) is 6.24. The van der Waals surface area contributed by atoms with Crippen LogP contribution in [-0.2, 0) is 0 Å². The van der Waals surface area contributed by atoms with E-state index in [0.29, 0.717) is 22.5 Å². The van der Waals surface area contributed by atoms with Gasteiger partial charge in [-0.3, -0.25) is 0 Å². The van der Waals surface area contributed by atoms with E-state index in [9.17, 15) is 0 Å². The molecule has 18 heavy (non-hydrogen) atoms. The van der Waals surface area contributed by atoms with E-state index in [2.05, 4.69) is 15.3 Å². The molecule has 1 heterocycles. The molecule has 0 radical (unpaired) electrons. The van der Waals surface area contributed by atoms with E-state index in [1.807, 2.05) is 13.8 Å². The van der Waals surface area contributed by atoms with Gasteiger partial charge in [-0.15, -0.1) is 0 Å². The second kappa shape index (κ2) is 7.38. The maximum Gasteiger partial charge on any atom is 0.157 e. The van der Waals surface area contributed by atoms with E-state index in [1.54, 1.807) is 0 Å². The molecule has 5 nitrogen and oxygen atoms in total. The SMILES string of the molecule is CC(C)c1nc(Cl)c(N)c(NCCCCCO)n1. The fourth-order valence-corrected chi connectivity index (χ4v) is 1.65. The molecule has 4 N–H and O–H groups in total. The Balaban J connectivity index is 2.63. The number of nitrogens with zero attached hydrogens (tertiary/aromatic N) is 2. The third-order valence-electron chi connectivity index (χ3n) is 2.56. The molecular formula is C12H21ClN4O. The summed E-state index contributed by atoms with van der Waals surface area (Å²) in [5.41, 5.74) is 6.22. The molecular weight excluding hydrogens is 252 g/mol. The van der Waals surface area contributed by atoms with Gasteiger partial charge in [-0.1, -0.05) is 25.4 Å². The first-order chi connectivity index (χ1) is 8.56. The van der Waals surface area contributed by atoms with Gasteiger partial charge >= 0.3 is 0 Å². The van der Waals surface area contributed by atoms with Crippen molar-refractivity contribution in [3.8, 4) is 0 Å². The topological polar surface area (TPSA) is 84.1 Å². The standard InChI is InChI=1S/C12H21ClN4O/c1-8(2)11-16-10(13)9(14)12(17-11)15-6-4-3-5-7-18/h8,18H,3-7,14H2,1-2H3,(H,15,16,17). The number of aliphatic hydroxyl groups excluding tert-OH is 1. The average Bonchev–Trinajstić information content (AvgIpc) is 2.33. The molecule has 0 fully saturated rings. The van der Waals surface area contributed by atoms with Crippen molar-refractivity contribution >= 4 is 23.1 Å². The number of rotatable bonds is 7. The van der Waals surface area contributed by atoms with Crippen molar-refractivity contribution < 1.29 is 5.11 Å². The monoisotopic (exact) mass is 272 g/mol. The molecule has 0 saturated heterocycles. The van der Waals surface area contributed by atoms with E-state index in [-0.39, 0.29) is 12.5 Å². The molecule has 0 bridgehead atoms. The highest BCUT2D eigenvalue weighted by molar-refractivity contribution is 6.32. The summed E-state index contributed by atoms with van der Waals surface area (Å²) in [6, 6.07) is 0. The highest BCUT2D eigenvalue weighted by Crippen LogP contribution is 2.25. The molecule has 0 saturated carbocycles. The van der Waals surface area contributed by atoms with Crippen LogP contribution in [0.3, 0.4) is 0 Å². The van der Waals surface area contributed by atoms with Crippen molar-refractivity contribution in [3.05, 3.63) is 11.0 Å². The number of aliphatic hydroxyl groups is 1. The second-order valence-electron chi connectivity index (χ2n) is 4.50. The lowest BCUT2D eigenvalue weighted by molar-refractivity contribution is 0.283. The first-order valence-corrected chi connectivity index (χ1v) is 6.61. The Morgan fingerprint density at radius 1 is 1.28 bits per heavy atom. The summed E-state index contributed by atoms with van der Waals surface area (Å²) in [7, 11) is 0. The summed E-state index contributed by atoms with van der Waals surface area (Å²) in [4.78, 5) is 8.52. The Labute approximate surface area is 113 Å². The van der Waals surface area contributed by atoms with Gasteiger partial charge in [0.05, 0.1) is 0 Å². The number of hydrogen-bond donors (Lipinski definition) is 3. The first kappa shape index (κ1) is 15.0. The molecule has 0 unspecified atom stereocenters.